The molecular formula is C49H93N2O6P. The monoisotopic (exact) mass is 837 g/mol. The van der Waals surface area contributed by atoms with Crippen LogP contribution in [-0.2, 0) is 18.4 Å². The number of hydrogen-bond donors (Lipinski definition) is 2. The molecule has 58 heavy (non-hydrogen) atoms. The SMILES string of the molecule is CC/C=C\C/C=C\C/C=C\CCCCCCCC(=O)NC(COP(=O)([O-])OCC[N+](C)(C)C)C(O)/C=C/CCCCCCCCCCCCCCCCCCCCC. The number of nitrogens with one attached hydrogen (secondary N) is 1. The van der Waals surface area contributed by atoms with E-state index in [4.69, 9.17) is 9.05 Å². The van der Waals surface area contributed by atoms with Crippen LogP contribution in [0.5, 0.6) is 0 Å². The van der Waals surface area contributed by atoms with E-state index in [-0.39, 0.29) is 19.1 Å². The van der Waals surface area contributed by atoms with Gasteiger partial charge in [-0.15, -0.1) is 0 Å². The molecule has 0 aliphatic heterocycles. The molecule has 0 fully saturated rings. The van der Waals surface area contributed by atoms with Crippen LogP contribution in [0, 0.1) is 0 Å². The van der Waals surface area contributed by atoms with Gasteiger partial charge in [0, 0.05) is 6.42 Å². The second-order valence-electron chi connectivity index (χ2n) is 17.4. The van der Waals surface area contributed by atoms with E-state index < -0.39 is 20.0 Å². The molecule has 8 nitrogen and oxygen atoms in total. The van der Waals surface area contributed by atoms with E-state index in [1.54, 1.807) is 6.08 Å². The second-order valence-corrected chi connectivity index (χ2v) is 18.8. The van der Waals surface area contributed by atoms with Gasteiger partial charge >= 0.3 is 0 Å². The first kappa shape index (κ1) is 56.5. The molecule has 0 spiro atoms. The number of aliphatic hydroxyl groups is 1. The van der Waals surface area contributed by atoms with Crippen LogP contribution in [0.2, 0.25) is 0 Å². The smallest absolute Gasteiger partial charge is 0.268 e. The Bertz CT molecular complexity index is 1090. The highest BCUT2D eigenvalue weighted by Crippen LogP contribution is 2.38. The molecule has 0 aromatic heterocycles. The number of nitrogens with zero attached hydrogens (tertiary/aromatic N) is 1. The van der Waals surface area contributed by atoms with Crippen LogP contribution in [0.3, 0.4) is 0 Å². The van der Waals surface area contributed by atoms with Crippen molar-refractivity contribution >= 4 is 13.7 Å². The highest BCUT2D eigenvalue weighted by atomic mass is 31.2. The number of likely N-dealkylation sites (N-methyl/N-ethyl adjacent to an activating group) is 1. The summed E-state index contributed by atoms with van der Waals surface area (Å²) in [6, 6.07) is -0.896. The van der Waals surface area contributed by atoms with Crippen LogP contribution in [0.1, 0.15) is 206 Å². The van der Waals surface area contributed by atoms with Gasteiger partial charge in [0.2, 0.25) is 5.91 Å². The average molecular weight is 837 g/mol. The van der Waals surface area contributed by atoms with Gasteiger partial charge in [-0.1, -0.05) is 197 Å². The third-order valence-corrected chi connectivity index (χ3v) is 11.5. The summed E-state index contributed by atoms with van der Waals surface area (Å²) in [6.07, 6.45) is 51.6. The van der Waals surface area contributed by atoms with E-state index >= 15 is 0 Å². The first-order valence-electron chi connectivity index (χ1n) is 24.0. The van der Waals surface area contributed by atoms with Crippen molar-refractivity contribution in [3.8, 4) is 0 Å². The summed E-state index contributed by atoms with van der Waals surface area (Å²) in [6.45, 7) is 4.52. The number of phosphoric ester groups is 1. The maximum absolute atomic E-state index is 12.9. The number of phosphoric acid groups is 1. The van der Waals surface area contributed by atoms with Crippen molar-refractivity contribution in [3.05, 3.63) is 48.6 Å². The second kappa shape index (κ2) is 40.8. The summed E-state index contributed by atoms with van der Waals surface area (Å²) in [5.74, 6) is -0.215. The average Bonchev–Trinajstić information content (AvgIpc) is 3.17. The number of allylic oxidation sites excluding steroid dienone is 7. The molecule has 3 atom stereocenters. The van der Waals surface area contributed by atoms with Crippen molar-refractivity contribution in [2.45, 2.75) is 219 Å². The van der Waals surface area contributed by atoms with Crippen molar-refractivity contribution in [3.63, 3.8) is 0 Å². The molecular weight excluding hydrogens is 744 g/mol. The largest absolute Gasteiger partial charge is 0.756 e. The quantitative estimate of drug-likeness (QED) is 0.0274. The van der Waals surface area contributed by atoms with Gasteiger partial charge < -0.3 is 28.8 Å². The van der Waals surface area contributed by atoms with Crippen LogP contribution in [0.25, 0.3) is 0 Å². The Morgan fingerprint density at radius 2 is 1.05 bits per heavy atom. The Morgan fingerprint density at radius 1 is 0.621 bits per heavy atom. The molecule has 0 rings (SSSR count). The summed E-state index contributed by atoms with van der Waals surface area (Å²) < 4.78 is 23.2. The summed E-state index contributed by atoms with van der Waals surface area (Å²) >= 11 is 0. The molecule has 0 aliphatic rings. The molecule has 0 saturated heterocycles. The Balaban J connectivity index is 4.37. The van der Waals surface area contributed by atoms with Gasteiger partial charge in [0.15, 0.2) is 0 Å². The third-order valence-electron chi connectivity index (χ3n) is 10.5. The lowest BCUT2D eigenvalue weighted by molar-refractivity contribution is -0.870. The maximum atomic E-state index is 12.9. The third kappa shape index (κ3) is 42.6. The zero-order valence-corrected chi connectivity index (χ0v) is 39.4. The van der Waals surface area contributed by atoms with Crippen LogP contribution in [0.4, 0.5) is 0 Å². The van der Waals surface area contributed by atoms with E-state index in [1.807, 2.05) is 27.2 Å². The summed E-state index contributed by atoms with van der Waals surface area (Å²) in [5.41, 5.74) is 0. The first-order chi connectivity index (χ1) is 28.0. The molecule has 0 heterocycles. The zero-order valence-electron chi connectivity index (χ0n) is 38.5. The Kier molecular flexibility index (Phi) is 39.8. The van der Waals surface area contributed by atoms with Gasteiger partial charge in [-0.3, -0.25) is 9.36 Å². The molecule has 0 aromatic rings. The molecule has 0 aliphatic carbocycles. The lowest BCUT2D eigenvalue weighted by Crippen LogP contribution is -2.45. The van der Waals surface area contributed by atoms with Crippen molar-refractivity contribution < 1.29 is 32.9 Å². The number of carbonyl (C=O) groups is 1. The molecule has 2 N–H and O–H groups in total. The molecule has 0 saturated carbocycles. The molecule has 0 bridgehead atoms. The highest BCUT2D eigenvalue weighted by molar-refractivity contribution is 7.45. The predicted octanol–water partition coefficient (Wildman–Crippen LogP) is 13.0. The van der Waals surface area contributed by atoms with E-state index in [0.29, 0.717) is 17.4 Å². The fourth-order valence-corrected chi connectivity index (χ4v) is 7.48. The van der Waals surface area contributed by atoms with Gasteiger partial charge in [0.1, 0.15) is 13.2 Å². The van der Waals surface area contributed by atoms with Crippen molar-refractivity contribution in [1.29, 1.82) is 0 Å². The topological polar surface area (TPSA) is 108 Å². The van der Waals surface area contributed by atoms with Crippen molar-refractivity contribution in [2.75, 3.05) is 40.9 Å². The summed E-state index contributed by atoms with van der Waals surface area (Å²) in [4.78, 5) is 25.3. The number of aliphatic hydroxyl groups excluding tert-OH is 1. The molecule has 9 heteroatoms. The number of hydrogen-bond acceptors (Lipinski definition) is 6. The summed E-state index contributed by atoms with van der Waals surface area (Å²) in [7, 11) is 1.24. The Hall–Kier alpha value is -1.54. The lowest BCUT2D eigenvalue weighted by Gasteiger charge is -2.29. The van der Waals surface area contributed by atoms with Crippen LogP contribution in [0.15, 0.2) is 48.6 Å². The van der Waals surface area contributed by atoms with Gasteiger partial charge in [-0.2, -0.15) is 0 Å². The predicted molar refractivity (Wildman–Crippen MR) is 247 cm³/mol. The molecule has 340 valence electrons. The fourth-order valence-electron chi connectivity index (χ4n) is 6.75. The van der Waals surface area contributed by atoms with Gasteiger partial charge in [0.05, 0.1) is 39.9 Å². The number of unbranched alkanes of at least 4 members (excludes halogenated alkanes) is 24. The van der Waals surface area contributed by atoms with Crippen molar-refractivity contribution in [2.24, 2.45) is 0 Å². The van der Waals surface area contributed by atoms with Gasteiger partial charge in [-0.05, 0) is 51.4 Å². The zero-order chi connectivity index (χ0) is 42.8. The lowest BCUT2D eigenvalue weighted by atomic mass is 10.0. The fraction of sp³-hybridized carbons (Fsp3) is 0.816. The standard InChI is InChI=1S/C49H93N2O6P/c1-6-8-10-12-14-16-18-20-22-23-24-25-26-27-29-30-32-34-36-38-40-42-48(52)47(46-57-58(54,55)56-45-44-51(3,4)5)50-49(53)43-41-39-37-35-33-31-28-21-19-17-15-13-11-9-7-2/h9,11,15,17,21,28,40,42,47-48,52H,6-8,10,12-14,16,18-20,22-27,29-39,41,43-46H2,1-5H3,(H-,50,53,54,55)/b11-9-,17-15-,28-21-,42-40+. The van der Waals surface area contributed by atoms with E-state index in [9.17, 15) is 19.4 Å². The molecule has 1 amide bonds. The van der Waals surface area contributed by atoms with Crippen molar-refractivity contribution in [1.82, 2.24) is 5.32 Å². The van der Waals surface area contributed by atoms with Gasteiger partial charge in [0.25, 0.3) is 7.82 Å². The van der Waals surface area contributed by atoms with Gasteiger partial charge in [-0.25, -0.2) is 0 Å². The summed E-state index contributed by atoms with van der Waals surface area (Å²) in [5, 5.41) is 13.8. The van der Waals surface area contributed by atoms with Crippen LogP contribution in [-0.4, -0.2) is 68.5 Å². The number of rotatable bonds is 43. The Labute approximate surface area is 359 Å². The molecule has 3 unspecified atom stereocenters. The number of carbonyl (C=O) groups excluding carboxylic acids is 1. The molecule has 0 radical (unpaired) electrons. The number of quaternary nitrogens is 1. The minimum atomic E-state index is -4.60. The minimum Gasteiger partial charge on any atom is -0.756 e. The van der Waals surface area contributed by atoms with E-state index in [0.717, 1.165) is 77.0 Å². The highest BCUT2D eigenvalue weighted by Gasteiger charge is 2.23. The van der Waals surface area contributed by atoms with Crippen LogP contribution >= 0.6 is 7.82 Å². The van der Waals surface area contributed by atoms with E-state index in [2.05, 4.69) is 55.6 Å². The van der Waals surface area contributed by atoms with Crippen LogP contribution < -0.4 is 10.2 Å². The normalized spacial score (nSPS) is 14.7. The maximum Gasteiger partial charge on any atom is 0.268 e. The number of amides is 1. The minimum absolute atomic E-state index is 0.00592. The molecule has 0 aromatic carbocycles. The first-order valence-corrected chi connectivity index (χ1v) is 25.5. The Morgan fingerprint density at radius 3 is 1.53 bits per heavy atom. The van der Waals surface area contributed by atoms with E-state index in [1.165, 1.54) is 109 Å².